The monoisotopic (exact) mass is 273 g/mol. The highest BCUT2D eigenvalue weighted by molar-refractivity contribution is 6.32. The lowest BCUT2D eigenvalue weighted by molar-refractivity contribution is 0.664. The zero-order valence-corrected chi connectivity index (χ0v) is 10.9. The molecule has 0 bridgehead atoms. The van der Waals surface area contributed by atoms with Gasteiger partial charge in [-0.2, -0.15) is 5.10 Å². The lowest BCUT2D eigenvalue weighted by atomic mass is 10.2. The summed E-state index contributed by atoms with van der Waals surface area (Å²) in [5.41, 5.74) is 1.05. The molecule has 2 aromatic rings. The molecule has 1 aromatic carbocycles. The van der Waals surface area contributed by atoms with Gasteiger partial charge in [0.05, 0.1) is 11.2 Å². The van der Waals surface area contributed by atoms with Crippen LogP contribution < -0.4 is 10.9 Å². The van der Waals surface area contributed by atoms with Gasteiger partial charge in [-0.15, -0.1) is 6.42 Å². The summed E-state index contributed by atoms with van der Waals surface area (Å²) >= 11 is 5.98. The van der Waals surface area contributed by atoms with E-state index in [4.69, 9.17) is 18.0 Å². The van der Waals surface area contributed by atoms with Gasteiger partial charge in [0.2, 0.25) is 0 Å². The zero-order chi connectivity index (χ0) is 13.7. The number of anilines is 1. The Morgan fingerprint density at radius 3 is 2.79 bits per heavy atom. The fraction of sp³-hybridized carbons (Fsp3) is 0.143. The molecule has 5 heteroatoms. The second-order valence-electron chi connectivity index (χ2n) is 3.87. The number of benzene rings is 1. The molecule has 19 heavy (non-hydrogen) atoms. The van der Waals surface area contributed by atoms with Crippen LogP contribution in [0.4, 0.5) is 5.69 Å². The fourth-order valence-corrected chi connectivity index (χ4v) is 1.81. The quantitative estimate of drug-likeness (QED) is 0.868. The first-order valence-electron chi connectivity index (χ1n) is 5.69. The summed E-state index contributed by atoms with van der Waals surface area (Å²) < 4.78 is 1.19. The number of aromatic nitrogens is 2. The molecule has 0 atom stereocenters. The largest absolute Gasteiger partial charge is 0.375 e. The number of rotatable bonds is 4. The second-order valence-corrected chi connectivity index (χ2v) is 4.28. The van der Waals surface area contributed by atoms with Crippen molar-refractivity contribution in [3.63, 3.8) is 0 Å². The molecule has 2 rings (SSSR count). The molecule has 0 spiro atoms. The summed E-state index contributed by atoms with van der Waals surface area (Å²) in [6.45, 7) is 0.631. The maximum absolute atomic E-state index is 12.1. The molecule has 0 unspecified atom stereocenters. The summed E-state index contributed by atoms with van der Waals surface area (Å²) in [7, 11) is 0. The number of halogens is 1. The number of nitrogens with zero attached hydrogens (tertiary/aromatic N) is 2. The molecule has 96 valence electrons. The van der Waals surface area contributed by atoms with Crippen molar-refractivity contribution in [2.75, 3.05) is 5.32 Å². The van der Waals surface area contributed by atoms with Gasteiger partial charge in [-0.25, -0.2) is 4.68 Å². The van der Waals surface area contributed by atoms with E-state index in [1.807, 2.05) is 30.3 Å². The summed E-state index contributed by atoms with van der Waals surface area (Å²) in [4.78, 5) is 12.1. The molecule has 1 heterocycles. The molecule has 0 amide bonds. The highest BCUT2D eigenvalue weighted by atomic mass is 35.5. The molecule has 1 aromatic heterocycles. The maximum Gasteiger partial charge on any atom is 0.292 e. The van der Waals surface area contributed by atoms with Gasteiger partial charge in [0.25, 0.3) is 5.56 Å². The predicted molar refractivity (Wildman–Crippen MR) is 76.1 cm³/mol. The number of nitrogens with one attached hydrogen (secondary N) is 1. The van der Waals surface area contributed by atoms with Crippen LogP contribution >= 0.6 is 11.6 Å². The average molecular weight is 274 g/mol. The fourth-order valence-electron chi connectivity index (χ4n) is 1.61. The predicted octanol–water partition coefficient (Wildman–Crippen LogP) is 2.14. The van der Waals surface area contributed by atoms with Gasteiger partial charge in [0.1, 0.15) is 12.2 Å². The standard InChI is InChI=1S/C14H12ClN3O/c1-2-8-18-14(19)13(12(15)10-17-18)16-9-11-6-4-3-5-7-11/h1,3-7,10,16H,8-9H2. The Morgan fingerprint density at radius 1 is 1.37 bits per heavy atom. The SMILES string of the molecule is C#CCn1ncc(Cl)c(NCc2ccccc2)c1=O. The second kappa shape index (κ2) is 6.07. The van der Waals surface area contributed by atoms with Crippen LogP contribution in [0, 0.1) is 12.3 Å². The molecule has 0 aliphatic rings. The van der Waals surface area contributed by atoms with Gasteiger partial charge >= 0.3 is 0 Å². The summed E-state index contributed by atoms with van der Waals surface area (Å²) in [6, 6.07) is 9.72. The van der Waals surface area contributed by atoms with Crippen LogP contribution in [-0.2, 0) is 13.1 Å². The van der Waals surface area contributed by atoms with E-state index in [2.05, 4.69) is 16.3 Å². The summed E-state index contributed by atoms with van der Waals surface area (Å²) in [5, 5.41) is 7.18. The minimum atomic E-state index is -0.318. The molecule has 0 saturated carbocycles. The van der Waals surface area contributed by atoms with Gasteiger partial charge in [-0.3, -0.25) is 4.79 Å². The zero-order valence-electron chi connectivity index (χ0n) is 10.1. The van der Waals surface area contributed by atoms with E-state index in [9.17, 15) is 4.79 Å². The van der Waals surface area contributed by atoms with Gasteiger partial charge < -0.3 is 5.32 Å². The molecule has 0 fully saturated rings. The van der Waals surface area contributed by atoms with Gasteiger partial charge in [-0.1, -0.05) is 47.9 Å². The van der Waals surface area contributed by atoms with Gasteiger partial charge in [0.15, 0.2) is 0 Å². The van der Waals surface area contributed by atoms with Crippen LogP contribution in [-0.4, -0.2) is 9.78 Å². The van der Waals surface area contributed by atoms with Gasteiger partial charge in [-0.05, 0) is 5.56 Å². The van der Waals surface area contributed by atoms with E-state index < -0.39 is 0 Å². The minimum absolute atomic E-state index is 0.121. The molecule has 0 aliphatic carbocycles. The average Bonchev–Trinajstić information content (AvgIpc) is 2.43. The van der Waals surface area contributed by atoms with Crippen molar-refractivity contribution in [2.24, 2.45) is 0 Å². The molecule has 1 N–H and O–H groups in total. The van der Waals surface area contributed by atoms with E-state index in [1.54, 1.807) is 0 Å². The van der Waals surface area contributed by atoms with Crippen molar-refractivity contribution in [1.82, 2.24) is 9.78 Å². The Morgan fingerprint density at radius 2 is 2.11 bits per heavy atom. The Labute approximate surface area is 116 Å². The number of hydrogen-bond acceptors (Lipinski definition) is 3. The smallest absolute Gasteiger partial charge is 0.292 e. The van der Waals surface area contributed by atoms with Crippen molar-refractivity contribution >= 4 is 17.3 Å². The Balaban J connectivity index is 2.23. The van der Waals surface area contributed by atoms with Crippen molar-refractivity contribution in [1.29, 1.82) is 0 Å². The third kappa shape index (κ3) is 3.15. The lowest BCUT2D eigenvalue weighted by Crippen LogP contribution is -2.25. The van der Waals surface area contributed by atoms with E-state index in [1.165, 1.54) is 10.9 Å². The highest BCUT2D eigenvalue weighted by Gasteiger charge is 2.08. The van der Waals surface area contributed by atoms with Crippen molar-refractivity contribution in [3.05, 3.63) is 57.5 Å². The normalized spacial score (nSPS) is 9.89. The first kappa shape index (κ1) is 13.2. The van der Waals surface area contributed by atoms with Crippen LogP contribution in [0.15, 0.2) is 41.3 Å². The Bertz CT molecular complexity index is 659. The van der Waals surface area contributed by atoms with Crippen molar-refractivity contribution in [2.45, 2.75) is 13.1 Å². The third-order valence-corrected chi connectivity index (χ3v) is 2.84. The van der Waals surface area contributed by atoms with Gasteiger partial charge in [0, 0.05) is 6.54 Å². The van der Waals surface area contributed by atoms with Crippen molar-refractivity contribution < 1.29 is 0 Å². The van der Waals surface area contributed by atoms with Crippen LogP contribution in [0.5, 0.6) is 0 Å². The van der Waals surface area contributed by atoms with Crippen LogP contribution in [0.1, 0.15) is 5.56 Å². The molecular formula is C14H12ClN3O. The van der Waals surface area contributed by atoms with Crippen molar-refractivity contribution in [3.8, 4) is 12.3 Å². The molecule has 0 saturated heterocycles. The first-order chi connectivity index (χ1) is 9.22. The molecule has 0 aliphatic heterocycles. The molecular weight excluding hydrogens is 262 g/mol. The summed E-state index contributed by atoms with van der Waals surface area (Å²) in [6.07, 6.45) is 6.59. The topological polar surface area (TPSA) is 46.9 Å². The highest BCUT2D eigenvalue weighted by Crippen LogP contribution is 2.16. The summed E-state index contributed by atoms with van der Waals surface area (Å²) in [5.74, 6) is 2.37. The Kier molecular flexibility index (Phi) is 4.22. The maximum atomic E-state index is 12.1. The number of terminal acetylenes is 1. The van der Waals surface area contributed by atoms with Crippen LogP contribution in [0.2, 0.25) is 5.02 Å². The lowest BCUT2D eigenvalue weighted by Gasteiger charge is -2.09. The van der Waals surface area contributed by atoms with Crippen LogP contribution in [0.25, 0.3) is 0 Å². The third-order valence-electron chi connectivity index (χ3n) is 2.55. The van der Waals surface area contributed by atoms with E-state index >= 15 is 0 Å². The number of hydrogen-bond donors (Lipinski definition) is 1. The van der Waals surface area contributed by atoms with E-state index in [-0.39, 0.29) is 17.1 Å². The molecule has 4 nitrogen and oxygen atoms in total. The first-order valence-corrected chi connectivity index (χ1v) is 6.07. The van der Waals surface area contributed by atoms with E-state index in [0.29, 0.717) is 12.2 Å². The minimum Gasteiger partial charge on any atom is -0.375 e. The van der Waals surface area contributed by atoms with E-state index in [0.717, 1.165) is 5.56 Å². The Hall–Kier alpha value is -2.25. The molecule has 0 radical (unpaired) electrons. The van der Waals surface area contributed by atoms with Crippen LogP contribution in [0.3, 0.4) is 0 Å².